The molecule has 0 atom stereocenters. The van der Waals surface area contributed by atoms with Crippen LogP contribution in [0.1, 0.15) is 4.88 Å². The van der Waals surface area contributed by atoms with Crippen molar-refractivity contribution in [2.45, 2.75) is 4.21 Å². The summed E-state index contributed by atoms with van der Waals surface area (Å²) in [5.41, 5.74) is 8.72. The Balaban J connectivity index is 2.04. The number of nitrogen functional groups attached to an aromatic ring is 1. The van der Waals surface area contributed by atoms with E-state index in [2.05, 4.69) is 6.07 Å². The molecule has 0 unspecified atom stereocenters. The van der Waals surface area contributed by atoms with Crippen molar-refractivity contribution in [2.75, 3.05) is 6.26 Å². The molecule has 6 heteroatoms. The summed E-state index contributed by atoms with van der Waals surface area (Å²) in [6, 6.07) is 12.2. The number of nitrogens with zero attached hydrogens (tertiary/aromatic N) is 1. The van der Waals surface area contributed by atoms with Crippen molar-refractivity contribution in [3.05, 3.63) is 46.7 Å². The van der Waals surface area contributed by atoms with Gasteiger partial charge in [0.1, 0.15) is 10.8 Å². The van der Waals surface area contributed by atoms with E-state index >= 15 is 0 Å². The summed E-state index contributed by atoms with van der Waals surface area (Å²) in [6.45, 7) is 0. The molecule has 0 aliphatic carbocycles. The van der Waals surface area contributed by atoms with Crippen LogP contribution in [-0.4, -0.2) is 17.1 Å². The lowest BCUT2D eigenvalue weighted by atomic mass is 10.2. The van der Waals surface area contributed by atoms with Gasteiger partial charge in [-0.05, 0) is 12.3 Å². The first kappa shape index (κ1) is 14.3. The van der Waals surface area contributed by atoms with Crippen LogP contribution < -0.4 is 5.73 Å². The van der Waals surface area contributed by atoms with Crippen molar-refractivity contribution in [3.8, 4) is 21.8 Å². The number of hydrogen-bond acceptors (Lipinski definition) is 5. The maximum Gasteiger partial charge on any atom is 0.133 e. The van der Waals surface area contributed by atoms with Crippen LogP contribution in [0.25, 0.3) is 21.8 Å². The molecule has 0 saturated heterocycles. The lowest BCUT2D eigenvalue weighted by Crippen LogP contribution is -2.09. The van der Waals surface area contributed by atoms with E-state index in [1.165, 1.54) is 0 Å². The number of thiazole rings is 1. The molecule has 0 bridgehead atoms. The zero-order chi connectivity index (χ0) is 14.8. The molecule has 3 aromatic rings. The Hall–Kier alpha value is -1.63. The molecule has 0 radical (unpaired) electrons. The van der Waals surface area contributed by atoms with Crippen LogP contribution in [-0.2, 0) is 0 Å². The maximum absolute atomic E-state index is 7.74. The molecule has 3 N–H and O–H groups in total. The molecule has 0 fully saturated rings. The Morgan fingerprint density at radius 2 is 2.05 bits per heavy atom. The first-order chi connectivity index (χ1) is 10.2. The molecule has 0 saturated carbocycles. The number of aromatic nitrogens is 1. The lowest BCUT2D eigenvalue weighted by molar-refractivity contribution is 1.39. The van der Waals surface area contributed by atoms with Gasteiger partial charge in [-0.2, -0.15) is 0 Å². The van der Waals surface area contributed by atoms with Gasteiger partial charge in [0.15, 0.2) is 0 Å². The molecule has 3 rings (SSSR count). The molecule has 2 heterocycles. The second kappa shape index (κ2) is 6.01. The van der Waals surface area contributed by atoms with Crippen LogP contribution in [0.15, 0.2) is 46.0 Å². The predicted molar refractivity (Wildman–Crippen MR) is 93.7 cm³/mol. The average molecular weight is 331 g/mol. The largest absolute Gasteiger partial charge is 0.383 e. The van der Waals surface area contributed by atoms with Crippen molar-refractivity contribution >= 4 is 40.3 Å². The van der Waals surface area contributed by atoms with Crippen LogP contribution in [0.3, 0.4) is 0 Å². The summed E-state index contributed by atoms with van der Waals surface area (Å²) < 4.78 is 1.15. The summed E-state index contributed by atoms with van der Waals surface area (Å²) in [6.07, 6.45) is 2.02. The van der Waals surface area contributed by atoms with E-state index in [1.807, 2.05) is 42.0 Å². The van der Waals surface area contributed by atoms with Crippen LogP contribution in [0.2, 0.25) is 0 Å². The van der Waals surface area contributed by atoms with E-state index in [1.54, 1.807) is 34.4 Å². The number of nitrogens with one attached hydrogen (secondary N) is 1. The fourth-order valence-corrected chi connectivity index (χ4v) is 4.46. The highest BCUT2D eigenvalue weighted by Gasteiger charge is 2.16. The third kappa shape index (κ3) is 2.88. The number of benzene rings is 1. The Kier molecular flexibility index (Phi) is 4.10. The molecule has 0 aliphatic rings. The number of thiophene rings is 1. The molecule has 1 aromatic carbocycles. The smallest absolute Gasteiger partial charge is 0.133 e. The predicted octanol–water partition coefficient (Wildman–Crippen LogP) is 4.54. The fraction of sp³-hybridized carbons (Fsp3) is 0.0667. The van der Waals surface area contributed by atoms with Gasteiger partial charge in [-0.25, -0.2) is 4.98 Å². The number of nitrogens with two attached hydrogens (primary N) is 1. The fourth-order valence-electron chi connectivity index (χ4n) is 1.97. The van der Waals surface area contributed by atoms with Crippen LogP contribution >= 0.6 is 34.4 Å². The minimum atomic E-state index is 0.103. The molecule has 0 spiro atoms. The van der Waals surface area contributed by atoms with Gasteiger partial charge in [0.25, 0.3) is 0 Å². The first-order valence-electron chi connectivity index (χ1n) is 6.22. The number of amidine groups is 1. The van der Waals surface area contributed by atoms with E-state index < -0.39 is 0 Å². The second-order valence-corrected chi connectivity index (χ2v) is 7.35. The summed E-state index contributed by atoms with van der Waals surface area (Å²) in [7, 11) is 0. The van der Waals surface area contributed by atoms with Gasteiger partial charge in [-0.1, -0.05) is 30.3 Å². The van der Waals surface area contributed by atoms with Crippen LogP contribution in [0, 0.1) is 5.41 Å². The maximum atomic E-state index is 7.74. The van der Waals surface area contributed by atoms with Gasteiger partial charge in [0.05, 0.1) is 14.8 Å². The van der Waals surface area contributed by atoms with Gasteiger partial charge < -0.3 is 5.73 Å². The van der Waals surface area contributed by atoms with Crippen molar-refractivity contribution in [1.29, 1.82) is 5.41 Å². The summed E-state index contributed by atoms with van der Waals surface area (Å²) in [4.78, 5) is 5.50. The van der Waals surface area contributed by atoms with Crippen molar-refractivity contribution in [1.82, 2.24) is 4.98 Å². The Morgan fingerprint density at radius 3 is 2.71 bits per heavy atom. The summed E-state index contributed by atoms with van der Waals surface area (Å²) >= 11 is 4.80. The molecule has 21 heavy (non-hydrogen) atoms. The van der Waals surface area contributed by atoms with Gasteiger partial charge in [-0.3, -0.25) is 5.41 Å². The normalized spacial score (nSPS) is 10.7. The monoisotopic (exact) mass is 331 g/mol. The van der Waals surface area contributed by atoms with Crippen molar-refractivity contribution in [3.63, 3.8) is 0 Å². The van der Waals surface area contributed by atoms with Crippen LogP contribution in [0.4, 0.5) is 0 Å². The van der Waals surface area contributed by atoms with E-state index in [0.29, 0.717) is 0 Å². The van der Waals surface area contributed by atoms with Crippen LogP contribution in [0.5, 0.6) is 0 Å². The van der Waals surface area contributed by atoms with Gasteiger partial charge in [-0.15, -0.1) is 34.4 Å². The topological polar surface area (TPSA) is 62.8 Å². The molecule has 0 aliphatic heterocycles. The molecule has 3 nitrogen and oxygen atoms in total. The quantitative estimate of drug-likeness (QED) is 0.419. The molecular formula is C15H13N3S3. The first-order valence-corrected chi connectivity index (χ1v) is 9.14. The number of hydrogen-bond donors (Lipinski definition) is 2. The average Bonchev–Trinajstić information content (AvgIpc) is 3.14. The highest BCUT2D eigenvalue weighted by Crippen LogP contribution is 2.38. The minimum absolute atomic E-state index is 0.103. The standard InChI is InChI=1S/C15H13N3S3/c1-19-12-7-10(13(21-12)14(16)17)15-18-11(8-20-15)9-5-3-2-4-6-9/h2-8H,1H3,(H3,16,17). The van der Waals surface area contributed by atoms with E-state index in [4.69, 9.17) is 16.1 Å². The number of thioether (sulfide) groups is 1. The Labute approximate surface area is 135 Å². The molecule has 2 aromatic heterocycles. The highest BCUT2D eigenvalue weighted by molar-refractivity contribution is 8.00. The van der Waals surface area contributed by atoms with E-state index in [-0.39, 0.29) is 5.84 Å². The van der Waals surface area contributed by atoms with Gasteiger partial charge >= 0.3 is 0 Å². The number of rotatable bonds is 4. The van der Waals surface area contributed by atoms with E-state index in [9.17, 15) is 0 Å². The lowest BCUT2D eigenvalue weighted by Gasteiger charge is -1.97. The Morgan fingerprint density at radius 1 is 1.29 bits per heavy atom. The Bertz CT molecular complexity index is 775. The third-order valence-corrected chi connectivity index (χ3v) is 6.07. The molecular weight excluding hydrogens is 318 g/mol. The van der Waals surface area contributed by atoms with Crippen molar-refractivity contribution < 1.29 is 0 Å². The summed E-state index contributed by atoms with van der Waals surface area (Å²) in [5, 5.41) is 10.7. The zero-order valence-corrected chi connectivity index (χ0v) is 13.7. The second-order valence-electron chi connectivity index (χ2n) is 4.33. The van der Waals surface area contributed by atoms with E-state index in [0.717, 1.165) is 30.9 Å². The van der Waals surface area contributed by atoms with Gasteiger partial charge in [0, 0.05) is 16.5 Å². The SMILES string of the molecule is CSc1cc(-c2nc(-c3ccccc3)cs2)c(C(=N)N)s1. The highest BCUT2D eigenvalue weighted by atomic mass is 32.2. The molecule has 0 amide bonds. The summed E-state index contributed by atoms with van der Waals surface area (Å²) in [5.74, 6) is 0.103. The minimum Gasteiger partial charge on any atom is -0.383 e. The molecule has 106 valence electrons. The van der Waals surface area contributed by atoms with Gasteiger partial charge in [0.2, 0.25) is 0 Å². The van der Waals surface area contributed by atoms with Crippen molar-refractivity contribution in [2.24, 2.45) is 5.73 Å². The third-order valence-electron chi connectivity index (χ3n) is 2.96. The zero-order valence-electron chi connectivity index (χ0n) is 11.3.